The van der Waals surface area contributed by atoms with Crippen molar-refractivity contribution >= 4 is 35.1 Å². The van der Waals surface area contributed by atoms with Crippen LogP contribution in [0.1, 0.15) is 38.1 Å². The van der Waals surface area contributed by atoms with Crippen LogP contribution in [-0.4, -0.2) is 56.4 Å². The summed E-state index contributed by atoms with van der Waals surface area (Å²) in [7, 11) is 0. The Morgan fingerprint density at radius 3 is 2.50 bits per heavy atom. The molecule has 0 unspecified atom stereocenters. The molecule has 0 saturated carbocycles. The standard InChI is InChI=1S/C22H17N5O7/c1-2-34-22(31)16-10-11-26(24-16)14-8-6-13(7-9-14)23-18(28)12-25-20(29)15-4-3-5-17(27(32)33)19(15)21(25)30/h3-11H,2,12H2,1H3,(H,23,28). The predicted molar refractivity (Wildman–Crippen MR) is 117 cm³/mol. The molecule has 2 heterocycles. The van der Waals surface area contributed by atoms with Crippen LogP contribution in [0.15, 0.2) is 54.7 Å². The summed E-state index contributed by atoms with van der Waals surface area (Å²) in [5, 5.41) is 17.9. The highest BCUT2D eigenvalue weighted by Gasteiger charge is 2.41. The molecule has 3 amide bonds. The fraction of sp³-hybridized carbons (Fsp3) is 0.136. The first-order chi connectivity index (χ1) is 16.3. The number of fused-ring (bicyclic) bond motifs is 1. The number of nitro benzene ring substituents is 1. The van der Waals surface area contributed by atoms with E-state index in [1.165, 1.54) is 22.9 Å². The Kier molecular flexibility index (Phi) is 5.87. The molecule has 0 aliphatic carbocycles. The lowest BCUT2D eigenvalue weighted by atomic mass is 10.1. The average Bonchev–Trinajstić information content (AvgIpc) is 3.40. The number of aromatic nitrogens is 2. The fourth-order valence-electron chi connectivity index (χ4n) is 3.43. The number of amides is 3. The normalized spacial score (nSPS) is 12.4. The maximum atomic E-state index is 12.6. The van der Waals surface area contributed by atoms with Crippen molar-refractivity contribution in [2.45, 2.75) is 6.92 Å². The molecule has 4 rings (SSSR count). The molecule has 0 fully saturated rings. The van der Waals surface area contributed by atoms with Crippen molar-refractivity contribution in [2.24, 2.45) is 0 Å². The smallest absolute Gasteiger partial charge is 0.358 e. The van der Waals surface area contributed by atoms with Crippen molar-refractivity contribution in [2.75, 3.05) is 18.5 Å². The molecular weight excluding hydrogens is 446 g/mol. The lowest BCUT2D eigenvalue weighted by Crippen LogP contribution is -2.37. The third-order valence-corrected chi connectivity index (χ3v) is 4.96. The number of carbonyl (C=O) groups excluding carboxylic acids is 4. The minimum Gasteiger partial charge on any atom is -0.461 e. The minimum absolute atomic E-state index is 0.113. The van der Waals surface area contributed by atoms with Gasteiger partial charge in [-0.3, -0.25) is 29.4 Å². The Bertz CT molecular complexity index is 1330. The molecule has 34 heavy (non-hydrogen) atoms. The average molecular weight is 463 g/mol. The van der Waals surface area contributed by atoms with Crippen LogP contribution in [0.2, 0.25) is 0 Å². The van der Waals surface area contributed by atoms with E-state index in [1.54, 1.807) is 37.4 Å². The largest absolute Gasteiger partial charge is 0.461 e. The zero-order valence-electron chi connectivity index (χ0n) is 17.8. The number of nitro groups is 1. The van der Waals surface area contributed by atoms with E-state index in [-0.39, 0.29) is 23.4 Å². The Labute approximate surface area is 191 Å². The maximum absolute atomic E-state index is 12.6. The van der Waals surface area contributed by atoms with Crippen LogP contribution in [0, 0.1) is 10.1 Å². The van der Waals surface area contributed by atoms with Crippen molar-refractivity contribution in [3.05, 3.63) is 81.7 Å². The number of esters is 1. The van der Waals surface area contributed by atoms with E-state index in [0.717, 1.165) is 6.07 Å². The highest BCUT2D eigenvalue weighted by Crippen LogP contribution is 2.30. The van der Waals surface area contributed by atoms with E-state index >= 15 is 0 Å². The molecule has 0 bridgehead atoms. The van der Waals surface area contributed by atoms with Crippen LogP contribution < -0.4 is 5.32 Å². The van der Waals surface area contributed by atoms with E-state index in [9.17, 15) is 29.3 Å². The number of imide groups is 1. The number of ether oxygens (including phenoxy) is 1. The maximum Gasteiger partial charge on any atom is 0.358 e. The van der Waals surface area contributed by atoms with Crippen LogP contribution in [0.3, 0.4) is 0 Å². The summed E-state index contributed by atoms with van der Waals surface area (Å²) < 4.78 is 6.36. The number of rotatable bonds is 7. The highest BCUT2D eigenvalue weighted by molar-refractivity contribution is 6.24. The number of hydrogen-bond acceptors (Lipinski definition) is 8. The number of benzene rings is 2. The van der Waals surface area contributed by atoms with Gasteiger partial charge in [0.25, 0.3) is 17.5 Å². The molecule has 1 aliphatic heterocycles. The van der Waals surface area contributed by atoms with Gasteiger partial charge in [-0.2, -0.15) is 5.10 Å². The van der Waals surface area contributed by atoms with Gasteiger partial charge in [-0.1, -0.05) is 6.07 Å². The predicted octanol–water partition coefficient (Wildman–Crippen LogP) is 2.19. The minimum atomic E-state index is -0.895. The third kappa shape index (κ3) is 4.11. The molecule has 2 aromatic carbocycles. The first-order valence-corrected chi connectivity index (χ1v) is 10.1. The monoisotopic (exact) mass is 463 g/mol. The molecule has 172 valence electrons. The Morgan fingerprint density at radius 1 is 1.09 bits per heavy atom. The molecule has 0 spiro atoms. The van der Waals surface area contributed by atoms with E-state index in [1.807, 2.05) is 0 Å². The lowest BCUT2D eigenvalue weighted by molar-refractivity contribution is -0.385. The summed E-state index contributed by atoms with van der Waals surface area (Å²) in [6, 6.07) is 11.7. The summed E-state index contributed by atoms with van der Waals surface area (Å²) in [5.74, 6) is -2.86. The van der Waals surface area contributed by atoms with Gasteiger partial charge < -0.3 is 10.1 Å². The van der Waals surface area contributed by atoms with Crippen molar-refractivity contribution < 1.29 is 28.8 Å². The van der Waals surface area contributed by atoms with Crippen LogP contribution in [-0.2, 0) is 9.53 Å². The van der Waals surface area contributed by atoms with Crippen molar-refractivity contribution in [1.29, 1.82) is 0 Å². The second-order valence-corrected chi connectivity index (χ2v) is 7.11. The van der Waals surface area contributed by atoms with E-state index in [2.05, 4.69) is 10.4 Å². The van der Waals surface area contributed by atoms with E-state index < -0.39 is 40.8 Å². The van der Waals surface area contributed by atoms with Crippen molar-refractivity contribution in [3.8, 4) is 5.69 Å². The van der Waals surface area contributed by atoms with Gasteiger partial charge in [-0.15, -0.1) is 0 Å². The van der Waals surface area contributed by atoms with Gasteiger partial charge in [-0.05, 0) is 43.3 Å². The topological polar surface area (TPSA) is 154 Å². The Morgan fingerprint density at radius 2 is 1.82 bits per heavy atom. The molecule has 1 aromatic heterocycles. The van der Waals surface area contributed by atoms with Crippen LogP contribution in [0.25, 0.3) is 5.69 Å². The second-order valence-electron chi connectivity index (χ2n) is 7.11. The van der Waals surface area contributed by atoms with Gasteiger partial charge in [0.15, 0.2) is 5.69 Å². The summed E-state index contributed by atoms with van der Waals surface area (Å²) >= 11 is 0. The van der Waals surface area contributed by atoms with Gasteiger partial charge in [0, 0.05) is 18.0 Å². The van der Waals surface area contributed by atoms with Crippen LogP contribution in [0.4, 0.5) is 11.4 Å². The highest BCUT2D eigenvalue weighted by atomic mass is 16.6. The molecule has 0 atom stereocenters. The Balaban J connectivity index is 1.43. The van der Waals surface area contributed by atoms with Crippen molar-refractivity contribution in [1.82, 2.24) is 14.7 Å². The summed E-state index contributed by atoms with van der Waals surface area (Å²) in [6.45, 7) is 1.32. The summed E-state index contributed by atoms with van der Waals surface area (Å²) in [4.78, 5) is 60.4. The van der Waals surface area contributed by atoms with E-state index in [4.69, 9.17) is 4.74 Å². The molecule has 1 N–H and O–H groups in total. The summed E-state index contributed by atoms with van der Waals surface area (Å²) in [6.07, 6.45) is 1.58. The van der Waals surface area contributed by atoms with Crippen LogP contribution >= 0.6 is 0 Å². The zero-order chi connectivity index (χ0) is 24.4. The second kappa shape index (κ2) is 8.94. The molecule has 12 nitrogen and oxygen atoms in total. The third-order valence-electron chi connectivity index (χ3n) is 4.96. The first-order valence-electron chi connectivity index (χ1n) is 10.1. The molecule has 0 saturated heterocycles. The number of anilines is 1. The molecular formula is C22H17N5O7. The van der Waals surface area contributed by atoms with Crippen molar-refractivity contribution in [3.63, 3.8) is 0 Å². The van der Waals surface area contributed by atoms with Gasteiger partial charge in [0.05, 0.1) is 22.8 Å². The SMILES string of the molecule is CCOC(=O)c1ccn(-c2ccc(NC(=O)CN3C(=O)c4cccc([N+](=O)[O-])c4C3=O)cc2)n1. The number of hydrogen-bond donors (Lipinski definition) is 1. The molecule has 3 aromatic rings. The lowest BCUT2D eigenvalue weighted by Gasteiger charge is -2.13. The number of nitrogens with one attached hydrogen (secondary N) is 1. The van der Waals surface area contributed by atoms with Gasteiger partial charge in [0.1, 0.15) is 12.1 Å². The fourth-order valence-corrected chi connectivity index (χ4v) is 3.43. The molecule has 1 aliphatic rings. The van der Waals surface area contributed by atoms with Gasteiger partial charge >= 0.3 is 5.97 Å². The number of carbonyl (C=O) groups is 4. The Hall–Kier alpha value is -4.87. The van der Waals surface area contributed by atoms with Gasteiger partial charge in [0.2, 0.25) is 5.91 Å². The number of nitrogens with zero attached hydrogens (tertiary/aromatic N) is 4. The first kappa shape index (κ1) is 22.3. The van der Waals surface area contributed by atoms with E-state index in [0.29, 0.717) is 16.3 Å². The zero-order valence-corrected chi connectivity index (χ0v) is 17.8. The van der Waals surface area contributed by atoms with Gasteiger partial charge in [-0.25, -0.2) is 9.48 Å². The van der Waals surface area contributed by atoms with Crippen LogP contribution in [0.5, 0.6) is 0 Å². The summed E-state index contributed by atoms with van der Waals surface area (Å²) in [5.41, 5.74) is 0.226. The molecule has 12 heteroatoms. The molecule has 0 radical (unpaired) electrons. The quantitative estimate of drug-likeness (QED) is 0.242.